The van der Waals surface area contributed by atoms with Crippen LogP contribution in [0.15, 0.2) is 36.8 Å². The molecule has 0 spiro atoms. The van der Waals surface area contributed by atoms with Crippen LogP contribution >= 0.6 is 0 Å². The van der Waals surface area contributed by atoms with Gasteiger partial charge in [-0.3, -0.25) is 10.2 Å². The van der Waals surface area contributed by atoms with Gasteiger partial charge in [-0.2, -0.15) is 10.2 Å². The second kappa shape index (κ2) is 4.88. The van der Waals surface area contributed by atoms with Gasteiger partial charge in [-0.05, 0) is 60.1 Å². The molecule has 6 heteroatoms. The maximum absolute atomic E-state index is 4.60. The smallest absolute Gasteiger partial charge is 0.155 e. The predicted molar refractivity (Wildman–Crippen MR) is 103 cm³/mol. The molecule has 2 bridgehead atoms. The Morgan fingerprint density at radius 2 is 1.89 bits per heavy atom. The van der Waals surface area contributed by atoms with Crippen LogP contribution in [-0.4, -0.2) is 25.4 Å². The first kappa shape index (κ1) is 14.2. The van der Waals surface area contributed by atoms with E-state index in [-0.39, 0.29) is 0 Å². The summed E-state index contributed by atoms with van der Waals surface area (Å²) in [6, 6.07) is 7.06. The van der Waals surface area contributed by atoms with Crippen molar-refractivity contribution in [3.8, 4) is 0 Å². The van der Waals surface area contributed by atoms with Crippen molar-refractivity contribution in [3.05, 3.63) is 47.9 Å². The number of pyridine rings is 1. The summed E-state index contributed by atoms with van der Waals surface area (Å²) in [4.78, 5) is 4.60. The van der Waals surface area contributed by atoms with Crippen molar-refractivity contribution in [2.24, 2.45) is 17.8 Å². The van der Waals surface area contributed by atoms with Crippen molar-refractivity contribution in [3.63, 3.8) is 0 Å². The highest BCUT2D eigenvalue weighted by molar-refractivity contribution is 5.85. The number of fused-ring (bicyclic) bond motifs is 10. The third kappa shape index (κ3) is 1.78. The van der Waals surface area contributed by atoms with E-state index in [1.165, 1.54) is 46.8 Å². The SMILES string of the molecule is c1cc2cn[nH]c2cc1[C@@H]1Nc2cnc3[nH]ncc3c2[C@H]2C3CCC(C3)[C@@H]12. The normalized spacial score (nSPS) is 31.2. The van der Waals surface area contributed by atoms with Gasteiger partial charge in [-0.1, -0.05) is 12.1 Å². The van der Waals surface area contributed by atoms with E-state index in [9.17, 15) is 0 Å². The third-order valence-corrected chi connectivity index (χ3v) is 7.36. The molecule has 3 aromatic heterocycles. The van der Waals surface area contributed by atoms with Gasteiger partial charge in [0, 0.05) is 10.8 Å². The molecule has 1 aromatic carbocycles. The lowest BCUT2D eigenvalue weighted by molar-refractivity contribution is 0.249. The maximum atomic E-state index is 4.60. The van der Waals surface area contributed by atoms with E-state index >= 15 is 0 Å². The zero-order valence-electron chi connectivity index (χ0n) is 14.8. The number of anilines is 1. The third-order valence-electron chi connectivity index (χ3n) is 7.36. The molecule has 0 radical (unpaired) electrons. The Labute approximate surface area is 155 Å². The van der Waals surface area contributed by atoms with Gasteiger partial charge in [-0.25, -0.2) is 4.98 Å². The van der Waals surface area contributed by atoms with Crippen LogP contribution in [0.5, 0.6) is 0 Å². The topological polar surface area (TPSA) is 82.3 Å². The van der Waals surface area contributed by atoms with E-state index in [4.69, 9.17) is 0 Å². The van der Waals surface area contributed by atoms with Gasteiger partial charge in [-0.15, -0.1) is 0 Å². The molecule has 2 unspecified atom stereocenters. The van der Waals surface area contributed by atoms with E-state index in [1.807, 2.05) is 18.6 Å². The van der Waals surface area contributed by atoms with Crippen LogP contribution < -0.4 is 5.32 Å². The lowest BCUT2D eigenvalue weighted by Crippen LogP contribution is -2.35. The summed E-state index contributed by atoms with van der Waals surface area (Å²) in [5, 5.41) is 20.9. The average Bonchev–Trinajstić information content (AvgIpc) is 3.49. The summed E-state index contributed by atoms with van der Waals surface area (Å²) < 4.78 is 0. The molecular weight excluding hydrogens is 336 g/mol. The van der Waals surface area contributed by atoms with Crippen LogP contribution in [0.4, 0.5) is 5.69 Å². The first-order chi connectivity index (χ1) is 13.4. The Kier molecular flexibility index (Phi) is 2.57. The number of benzene rings is 1. The van der Waals surface area contributed by atoms with Gasteiger partial charge < -0.3 is 5.32 Å². The highest BCUT2D eigenvalue weighted by Crippen LogP contribution is 2.64. The fourth-order valence-corrected chi connectivity index (χ4v) is 6.35. The van der Waals surface area contributed by atoms with Crippen molar-refractivity contribution < 1.29 is 0 Å². The summed E-state index contributed by atoms with van der Waals surface area (Å²) in [6.07, 6.45) is 9.94. The van der Waals surface area contributed by atoms with Crippen LogP contribution in [-0.2, 0) is 0 Å². The van der Waals surface area contributed by atoms with Gasteiger partial charge in [0.2, 0.25) is 0 Å². The molecule has 3 aliphatic rings. The molecule has 2 saturated carbocycles. The molecule has 3 N–H and O–H groups in total. The number of hydrogen-bond donors (Lipinski definition) is 3. The van der Waals surface area contributed by atoms with E-state index in [0.29, 0.717) is 17.9 Å². The van der Waals surface area contributed by atoms with Crippen molar-refractivity contribution >= 4 is 27.6 Å². The van der Waals surface area contributed by atoms with Crippen molar-refractivity contribution in [1.29, 1.82) is 0 Å². The molecule has 134 valence electrons. The van der Waals surface area contributed by atoms with Gasteiger partial charge in [0.05, 0.1) is 35.8 Å². The highest BCUT2D eigenvalue weighted by atomic mass is 15.1. The lowest BCUT2D eigenvalue weighted by Gasteiger charge is -2.43. The number of H-pyrrole nitrogens is 2. The van der Waals surface area contributed by atoms with Crippen molar-refractivity contribution in [2.75, 3.05) is 5.32 Å². The number of rotatable bonds is 1. The molecule has 0 saturated heterocycles. The molecule has 5 atom stereocenters. The summed E-state index contributed by atoms with van der Waals surface area (Å²) in [5.41, 5.74) is 6.02. The zero-order chi connectivity index (χ0) is 17.5. The number of nitrogens with zero attached hydrogens (tertiary/aromatic N) is 3. The van der Waals surface area contributed by atoms with Crippen LogP contribution in [0.2, 0.25) is 0 Å². The second-order valence-corrected chi connectivity index (χ2v) is 8.49. The summed E-state index contributed by atoms with van der Waals surface area (Å²) in [7, 11) is 0. The Balaban J connectivity index is 1.44. The molecule has 27 heavy (non-hydrogen) atoms. The number of aromatic amines is 2. The van der Waals surface area contributed by atoms with Gasteiger partial charge >= 0.3 is 0 Å². The Bertz CT molecular complexity index is 1190. The minimum atomic E-state index is 0.330. The monoisotopic (exact) mass is 356 g/mol. The molecule has 4 heterocycles. The standard InChI is InChI=1S/C21H20N6/c1-2-11-5-10(1)17-18(11)20(12-3-4-13-7-23-26-15(13)6-12)25-16-9-22-21-14(19(16)17)8-24-27-21/h3-4,6-11,17-18,20,25H,1-2,5H2,(H,23,26)(H,22,24,27)/t10?,11?,17-,18+,20-/m0/s1. The second-order valence-electron chi connectivity index (χ2n) is 8.49. The first-order valence-corrected chi connectivity index (χ1v) is 9.88. The molecule has 7 rings (SSSR count). The Morgan fingerprint density at radius 3 is 2.89 bits per heavy atom. The Hall–Kier alpha value is -2.89. The quantitative estimate of drug-likeness (QED) is 0.479. The number of aromatic nitrogens is 5. The summed E-state index contributed by atoms with van der Waals surface area (Å²) >= 11 is 0. The first-order valence-electron chi connectivity index (χ1n) is 9.88. The average molecular weight is 356 g/mol. The van der Waals surface area contributed by atoms with Crippen molar-refractivity contribution in [1.82, 2.24) is 25.4 Å². The van der Waals surface area contributed by atoms with E-state index < -0.39 is 0 Å². The molecule has 6 nitrogen and oxygen atoms in total. The molecular formula is C21H20N6. The minimum absolute atomic E-state index is 0.330. The van der Waals surface area contributed by atoms with Gasteiger partial charge in [0.1, 0.15) is 0 Å². The number of hydrogen-bond acceptors (Lipinski definition) is 4. The molecule has 1 aliphatic heterocycles. The summed E-state index contributed by atoms with van der Waals surface area (Å²) in [5.74, 6) is 2.83. The Morgan fingerprint density at radius 1 is 0.963 bits per heavy atom. The molecule has 2 fully saturated rings. The van der Waals surface area contributed by atoms with Crippen LogP contribution in [0.1, 0.15) is 42.3 Å². The molecule has 4 aromatic rings. The van der Waals surface area contributed by atoms with Crippen LogP contribution in [0.25, 0.3) is 21.9 Å². The largest absolute Gasteiger partial charge is 0.376 e. The highest BCUT2D eigenvalue weighted by Gasteiger charge is 2.54. The zero-order valence-corrected chi connectivity index (χ0v) is 14.8. The number of nitrogens with one attached hydrogen (secondary N) is 3. The maximum Gasteiger partial charge on any atom is 0.155 e. The van der Waals surface area contributed by atoms with E-state index in [2.05, 4.69) is 48.9 Å². The van der Waals surface area contributed by atoms with E-state index in [0.717, 1.165) is 23.0 Å². The summed E-state index contributed by atoms with van der Waals surface area (Å²) in [6.45, 7) is 0. The van der Waals surface area contributed by atoms with Gasteiger partial charge in [0.15, 0.2) is 5.65 Å². The fraction of sp³-hybridized carbons (Fsp3) is 0.381. The predicted octanol–water partition coefficient (Wildman–Crippen LogP) is 4.13. The minimum Gasteiger partial charge on any atom is -0.376 e. The lowest BCUT2D eigenvalue weighted by atomic mass is 9.67. The molecule has 2 aliphatic carbocycles. The van der Waals surface area contributed by atoms with Crippen molar-refractivity contribution in [2.45, 2.75) is 31.2 Å². The van der Waals surface area contributed by atoms with Crippen LogP contribution in [0, 0.1) is 17.8 Å². The van der Waals surface area contributed by atoms with E-state index in [1.54, 1.807) is 0 Å². The van der Waals surface area contributed by atoms with Gasteiger partial charge in [0.25, 0.3) is 0 Å². The fourth-order valence-electron chi connectivity index (χ4n) is 6.35. The molecule has 0 amide bonds. The van der Waals surface area contributed by atoms with Crippen LogP contribution in [0.3, 0.4) is 0 Å².